The Hall–Kier alpha value is -1.27. The second kappa shape index (κ2) is 5.58. The lowest BCUT2D eigenvalue weighted by Gasteiger charge is -2.18. The fraction of sp³-hybridized carbons (Fsp3) is 0.333. The molecule has 2 aromatic rings. The van der Waals surface area contributed by atoms with Gasteiger partial charge in [0, 0.05) is 29.5 Å². The van der Waals surface area contributed by atoms with Crippen LogP contribution in [0.3, 0.4) is 0 Å². The van der Waals surface area contributed by atoms with E-state index in [2.05, 4.69) is 31.3 Å². The van der Waals surface area contributed by atoms with Gasteiger partial charge >= 0.3 is 0 Å². The highest BCUT2D eigenvalue weighted by molar-refractivity contribution is 9.10. The molecule has 1 atom stereocenters. The van der Waals surface area contributed by atoms with Gasteiger partial charge in [0.15, 0.2) is 0 Å². The van der Waals surface area contributed by atoms with Crippen LogP contribution in [0.2, 0.25) is 0 Å². The van der Waals surface area contributed by atoms with Crippen molar-refractivity contribution < 1.29 is 4.39 Å². The zero-order valence-corrected chi connectivity index (χ0v) is 11.8. The molecule has 4 nitrogen and oxygen atoms in total. The Morgan fingerprint density at radius 2 is 2.28 bits per heavy atom. The highest BCUT2D eigenvalue weighted by Gasteiger charge is 2.19. The molecule has 0 aliphatic rings. The van der Waals surface area contributed by atoms with Crippen LogP contribution in [-0.4, -0.2) is 21.8 Å². The van der Waals surface area contributed by atoms with E-state index in [0.717, 1.165) is 10.3 Å². The van der Waals surface area contributed by atoms with Gasteiger partial charge in [-0.15, -0.1) is 0 Å². The molecule has 0 saturated heterocycles. The smallest absolute Gasteiger partial charge is 0.138 e. The van der Waals surface area contributed by atoms with Crippen molar-refractivity contribution in [3.8, 4) is 0 Å². The number of aromatic nitrogens is 3. The Morgan fingerprint density at radius 1 is 1.50 bits per heavy atom. The van der Waals surface area contributed by atoms with E-state index >= 15 is 0 Å². The van der Waals surface area contributed by atoms with Crippen molar-refractivity contribution in [2.75, 3.05) is 7.05 Å². The first-order valence-electron chi connectivity index (χ1n) is 5.57. The third-order valence-electron chi connectivity index (χ3n) is 2.89. The van der Waals surface area contributed by atoms with Crippen LogP contribution in [0.15, 0.2) is 29.0 Å². The van der Waals surface area contributed by atoms with Crippen LogP contribution < -0.4 is 5.32 Å². The lowest BCUT2D eigenvalue weighted by atomic mass is 10.0. The molecule has 0 aliphatic heterocycles. The Bertz CT molecular complexity index is 520. The van der Waals surface area contributed by atoms with Gasteiger partial charge < -0.3 is 5.32 Å². The SMILES string of the molecule is CNC(Cc1ncnn1C)c1c(F)cccc1Br. The van der Waals surface area contributed by atoms with Gasteiger partial charge in [-0.25, -0.2) is 9.37 Å². The number of likely N-dealkylation sites (N-methyl/N-ethyl adjacent to an activating group) is 1. The summed E-state index contributed by atoms with van der Waals surface area (Å²) in [4.78, 5) is 4.16. The van der Waals surface area contributed by atoms with Crippen LogP contribution in [0.5, 0.6) is 0 Å². The van der Waals surface area contributed by atoms with Crippen molar-refractivity contribution in [1.82, 2.24) is 20.1 Å². The third kappa shape index (κ3) is 2.59. The summed E-state index contributed by atoms with van der Waals surface area (Å²) in [6.45, 7) is 0. The van der Waals surface area contributed by atoms with Gasteiger partial charge in [-0.2, -0.15) is 5.10 Å². The molecule has 18 heavy (non-hydrogen) atoms. The minimum absolute atomic E-state index is 0.150. The standard InChI is InChI=1S/C12H14BrFN4/c1-15-10(6-11-16-7-17-18(11)2)12-8(13)4-3-5-9(12)14/h3-5,7,10,15H,6H2,1-2H3. The fourth-order valence-electron chi connectivity index (χ4n) is 1.88. The van der Waals surface area contributed by atoms with E-state index in [1.54, 1.807) is 17.8 Å². The first-order valence-corrected chi connectivity index (χ1v) is 6.36. The molecule has 0 radical (unpaired) electrons. The van der Waals surface area contributed by atoms with Gasteiger partial charge in [-0.05, 0) is 19.2 Å². The van der Waals surface area contributed by atoms with E-state index in [0.29, 0.717) is 12.0 Å². The van der Waals surface area contributed by atoms with Gasteiger partial charge in [0.1, 0.15) is 18.0 Å². The summed E-state index contributed by atoms with van der Waals surface area (Å²) in [5.41, 5.74) is 0.614. The maximum atomic E-state index is 13.9. The van der Waals surface area contributed by atoms with Crippen molar-refractivity contribution in [3.63, 3.8) is 0 Å². The summed E-state index contributed by atoms with van der Waals surface area (Å²) in [6.07, 6.45) is 2.07. The van der Waals surface area contributed by atoms with E-state index in [-0.39, 0.29) is 11.9 Å². The average Bonchev–Trinajstić information content (AvgIpc) is 2.73. The second-order valence-electron chi connectivity index (χ2n) is 3.98. The van der Waals surface area contributed by atoms with Crippen LogP contribution in [0.1, 0.15) is 17.4 Å². The fourth-order valence-corrected chi connectivity index (χ4v) is 2.50. The zero-order chi connectivity index (χ0) is 13.1. The summed E-state index contributed by atoms with van der Waals surface area (Å²) in [7, 11) is 3.63. The maximum Gasteiger partial charge on any atom is 0.138 e. The minimum Gasteiger partial charge on any atom is -0.312 e. The molecular formula is C12H14BrFN4. The van der Waals surface area contributed by atoms with Crippen molar-refractivity contribution in [2.24, 2.45) is 7.05 Å². The van der Waals surface area contributed by atoms with Crippen LogP contribution in [0, 0.1) is 5.82 Å². The number of nitrogens with zero attached hydrogens (tertiary/aromatic N) is 3. The molecule has 0 spiro atoms. The molecule has 2 rings (SSSR count). The second-order valence-corrected chi connectivity index (χ2v) is 4.83. The van der Waals surface area contributed by atoms with Gasteiger partial charge in [-0.3, -0.25) is 4.68 Å². The molecule has 1 aromatic heterocycles. The molecule has 6 heteroatoms. The van der Waals surface area contributed by atoms with E-state index in [1.807, 2.05) is 13.1 Å². The molecule has 0 fully saturated rings. The van der Waals surface area contributed by atoms with Crippen molar-refractivity contribution in [2.45, 2.75) is 12.5 Å². The molecule has 0 bridgehead atoms. The Balaban J connectivity index is 2.32. The summed E-state index contributed by atoms with van der Waals surface area (Å²) >= 11 is 3.39. The number of benzene rings is 1. The van der Waals surface area contributed by atoms with Gasteiger partial charge in [-0.1, -0.05) is 22.0 Å². The predicted molar refractivity (Wildman–Crippen MR) is 70.6 cm³/mol. The molecule has 96 valence electrons. The largest absolute Gasteiger partial charge is 0.312 e. The number of hydrogen-bond donors (Lipinski definition) is 1. The van der Waals surface area contributed by atoms with E-state index < -0.39 is 0 Å². The number of rotatable bonds is 4. The predicted octanol–water partition coefficient (Wildman–Crippen LogP) is 2.22. The number of aryl methyl sites for hydroxylation is 1. The average molecular weight is 313 g/mol. The zero-order valence-electron chi connectivity index (χ0n) is 10.2. The summed E-state index contributed by atoms with van der Waals surface area (Å²) in [5.74, 6) is 0.579. The van der Waals surface area contributed by atoms with E-state index in [9.17, 15) is 4.39 Å². The molecule has 1 unspecified atom stereocenters. The molecule has 1 aromatic carbocycles. The minimum atomic E-state index is -0.231. The van der Waals surface area contributed by atoms with Crippen LogP contribution >= 0.6 is 15.9 Å². The monoisotopic (exact) mass is 312 g/mol. The first-order chi connectivity index (χ1) is 8.63. The Morgan fingerprint density at radius 3 is 2.83 bits per heavy atom. The lowest BCUT2D eigenvalue weighted by molar-refractivity contribution is 0.512. The maximum absolute atomic E-state index is 13.9. The lowest BCUT2D eigenvalue weighted by Crippen LogP contribution is -2.22. The molecule has 0 aliphatic carbocycles. The number of nitrogens with one attached hydrogen (secondary N) is 1. The van der Waals surface area contributed by atoms with Crippen molar-refractivity contribution in [1.29, 1.82) is 0 Å². The highest BCUT2D eigenvalue weighted by atomic mass is 79.9. The van der Waals surface area contributed by atoms with Crippen molar-refractivity contribution in [3.05, 3.63) is 46.2 Å². The van der Waals surface area contributed by atoms with E-state index in [4.69, 9.17) is 0 Å². The summed E-state index contributed by atoms with van der Waals surface area (Å²) < 4.78 is 16.4. The van der Waals surface area contributed by atoms with Crippen LogP contribution in [0.25, 0.3) is 0 Å². The van der Waals surface area contributed by atoms with Crippen LogP contribution in [-0.2, 0) is 13.5 Å². The normalized spacial score (nSPS) is 12.7. The third-order valence-corrected chi connectivity index (χ3v) is 3.58. The quantitative estimate of drug-likeness (QED) is 0.941. The number of hydrogen-bond acceptors (Lipinski definition) is 3. The Kier molecular flexibility index (Phi) is 4.08. The highest BCUT2D eigenvalue weighted by Crippen LogP contribution is 2.27. The van der Waals surface area contributed by atoms with Gasteiger partial charge in [0.2, 0.25) is 0 Å². The van der Waals surface area contributed by atoms with Crippen molar-refractivity contribution >= 4 is 15.9 Å². The molecule has 1 N–H and O–H groups in total. The van der Waals surface area contributed by atoms with Gasteiger partial charge in [0.25, 0.3) is 0 Å². The molecule has 0 amide bonds. The van der Waals surface area contributed by atoms with Crippen LogP contribution in [0.4, 0.5) is 4.39 Å². The topological polar surface area (TPSA) is 42.7 Å². The van der Waals surface area contributed by atoms with Gasteiger partial charge in [0.05, 0.1) is 0 Å². The summed E-state index contributed by atoms with van der Waals surface area (Å²) in [5, 5.41) is 7.13. The number of halogens is 2. The summed E-state index contributed by atoms with van der Waals surface area (Å²) in [6, 6.07) is 4.82. The molecular weight excluding hydrogens is 299 g/mol. The van der Waals surface area contributed by atoms with E-state index in [1.165, 1.54) is 12.4 Å². The Labute approximate surface area is 113 Å². The first kappa shape index (κ1) is 13.2. The molecule has 1 heterocycles. The molecule has 0 saturated carbocycles.